The quantitative estimate of drug-likeness (QED) is 0.376. The SMILES string of the molecule is COC(=O)c1cc(OC)c(OC)cc1NC(=O)CSc1nnnn1-c1ccc(OC)cc1. The van der Waals surface area contributed by atoms with Gasteiger partial charge in [-0.1, -0.05) is 11.8 Å². The number of ether oxygens (including phenoxy) is 4. The van der Waals surface area contributed by atoms with Gasteiger partial charge in [0.05, 0.1) is 51.1 Å². The van der Waals surface area contributed by atoms with Crippen molar-refractivity contribution in [3.05, 3.63) is 42.0 Å². The van der Waals surface area contributed by atoms with Crippen molar-refractivity contribution in [1.29, 1.82) is 0 Å². The van der Waals surface area contributed by atoms with E-state index in [9.17, 15) is 9.59 Å². The van der Waals surface area contributed by atoms with Gasteiger partial charge in [0.2, 0.25) is 11.1 Å². The van der Waals surface area contributed by atoms with Gasteiger partial charge in [-0.25, -0.2) is 4.79 Å². The maximum atomic E-state index is 12.6. The third-order valence-corrected chi connectivity index (χ3v) is 5.21. The molecule has 2 aromatic carbocycles. The van der Waals surface area contributed by atoms with Gasteiger partial charge >= 0.3 is 5.97 Å². The maximum Gasteiger partial charge on any atom is 0.340 e. The summed E-state index contributed by atoms with van der Waals surface area (Å²) in [5.74, 6) is 0.372. The zero-order valence-corrected chi connectivity index (χ0v) is 18.6. The van der Waals surface area contributed by atoms with Crippen molar-refractivity contribution in [3.63, 3.8) is 0 Å². The number of anilines is 1. The molecule has 1 aromatic heterocycles. The number of hydrogen-bond acceptors (Lipinski definition) is 10. The Morgan fingerprint density at radius 1 is 1.00 bits per heavy atom. The average molecular weight is 459 g/mol. The molecule has 0 atom stereocenters. The van der Waals surface area contributed by atoms with E-state index in [1.807, 2.05) is 0 Å². The van der Waals surface area contributed by atoms with Gasteiger partial charge < -0.3 is 24.3 Å². The van der Waals surface area contributed by atoms with E-state index in [4.69, 9.17) is 18.9 Å². The van der Waals surface area contributed by atoms with Gasteiger partial charge in [0.25, 0.3) is 0 Å². The van der Waals surface area contributed by atoms with E-state index < -0.39 is 5.97 Å². The van der Waals surface area contributed by atoms with Crippen LogP contribution in [0.4, 0.5) is 5.69 Å². The third kappa shape index (κ3) is 5.09. The molecule has 1 heterocycles. The van der Waals surface area contributed by atoms with Crippen molar-refractivity contribution in [2.75, 3.05) is 39.5 Å². The molecule has 1 N–H and O–H groups in total. The monoisotopic (exact) mass is 459 g/mol. The molecular formula is C20H21N5O6S. The summed E-state index contributed by atoms with van der Waals surface area (Å²) in [6.07, 6.45) is 0. The van der Waals surface area contributed by atoms with Crippen molar-refractivity contribution in [3.8, 4) is 22.9 Å². The van der Waals surface area contributed by atoms with Crippen LogP contribution in [0.1, 0.15) is 10.4 Å². The number of aromatic nitrogens is 4. The fourth-order valence-corrected chi connectivity index (χ4v) is 3.42. The molecule has 0 aliphatic heterocycles. The highest BCUT2D eigenvalue weighted by atomic mass is 32.2. The van der Waals surface area contributed by atoms with E-state index in [0.29, 0.717) is 28.1 Å². The first kappa shape index (κ1) is 22.9. The summed E-state index contributed by atoms with van der Waals surface area (Å²) in [4.78, 5) is 24.8. The first-order valence-corrected chi connectivity index (χ1v) is 10.2. The highest BCUT2D eigenvalue weighted by Crippen LogP contribution is 2.34. The van der Waals surface area contributed by atoms with Crippen LogP contribution in [-0.4, -0.2) is 66.3 Å². The van der Waals surface area contributed by atoms with Gasteiger partial charge in [0.15, 0.2) is 11.5 Å². The van der Waals surface area contributed by atoms with Crippen molar-refractivity contribution < 1.29 is 28.5 Å². The zero-order valence-electron chi connectivity index (χ0n) is 17.8. The van der Waals surface area contributed by atoms with Crippen LogP contribution < -0.4 is 19.5 Å². The first-order valence-electron chi connectivity index (χ1n) is 9.20. The topological polar surface area (TPSA) is 127 Å². The number of hydrogen-bond donors (Lipinski definition) is 1. The van der Waals surface area contributed by atoms with Gasteiger partial charge in [-0.05, 0) is 34.7 Å². The van der Waals surface area contributed by atoms with Gasteiger partial charge in [-0.2, -0.15) is 4.68 Å². The smallest absolute Gasteiger partial charge is 0.340 e. The van der Waals surface area contributed by atoms with E-state index in [-0.39, 0.29) is 22.9 Å². The van der Waals surface area contributed by atoms with Crippen molar-refractivity contribution in [2.24, 2.45) is 0 Å². The highest BCUT2D eigenvalue weighted by Gasteiger charge is 2.20. The number of benzene rings is 2. The zero-order chi connectivity index (χ0) is 23.1. The van der Waals surface area contributed by atoms with E-state index in [0.717, 1.165) is 11.8 Å². The van der Waals surface area contributed by atoms with Crippen LogP contribution in [-0.2, 0) is 9.53 Å². The molecule has 32 heavy (non-hydrogen) atoms. The molecule has 0 fully saturated rings. The fourth-order valence-electron chi connectivity index (χ4n) is 2.73. The van der Waals surface area contributed by atoms with E-state index in [2.05, 4.69) is 20.8 Å². The predicted octanol–water partition coefficient (Wildman–Crippen LogP) is 2.21. The minimum absolute atomic E-state index is 0.00845. The van der Waals surface area contributed by atoms with Crippen LogP contribution in [0.25, 0.3) is 5.69 Å². The normalized spacial score (nSPS) is 10.4. The molecule has 0 saturated carbocycles. The molecule has 3 rings (SSSR count). The summed E-state index contributed by atoms with van der Waals surface area (Å²) in [6.45, 7) is 0. The van der Waals surface area contributed by atoms with Gasteiger partial charge in [-0.3, -0.25) is 4.79 Å². The number of methoxy groups -OCH3 is 4. The Morgan fingerprint density at radius 2 is 1.69 bits per heavy atom. The summed E-state index contributed by atoms with van der Waals surface area (Å²) in [6, 6.07) is 10.1. The summed E-state index contributed by atoms with van der Waals surface area (Å²) in [5.41, 5.74) is 1.08. The minimum Gasteiger partial charge on any atom is -0.497 e. The fraction of sp³-hybridized carbons (Fsp3) is 0.250. The Kier molecular flexibility index (Phi) is 7.49. The van der Waals surface area contributed by atoms with Crippen LogP contribution in [0.15, 0.2) is 41.6 Å². The molecule has 12 heteroatoms. The van der Waals surface area contributed by atoms with Gasteiger partial charge in [0.1, 0.15) is 5.75 Å². The Morgan fingerprint density at radius 3 is 2.31 bits per heavy atom. The number of carbonyl (C=O) groups excluding carboxylic acids is 2. The summed E-state index contributed by atoms with van der Waals surface area (Å²) >= 11 is 1.13. The molecule has 0 aliphatic rings. The molecule has 0 radical (unpaired) electrons. The molecule has 1 amide bonds. The summed E-state index contributed by atoms with van der Waals surface area (Å²) in [5, 5.41) is 14.7. The van der Waals surface area contributed by atoms with E-state index in [1.54, 1.807) is 31.4 Å². The predicted molar refractivity (Wildman–Crippen MR) is 116 cm³/mol. The summed E-state index contributed by atoms with van der Waals surface area (Å²) in [7, 11) is 5.73. The lowest BCUT2D eigenvalue weighted by atomic mass is 10.1. The number of rotatable bonds is 9. The van der Waals surface area contributed by atoms with Crippen molar-refractivity contribution in [2.45, 2.75) is 5.16 Å². The largest absolute Gasteiger partial charge is 0.497 e. The van der Waals surface area contributed by atoms with Crippen LogP contribution in [0.3, 0.4) is 0 Å². The molecule has 168 valence electrons. The van der Waals surface area contributed by atoms with Crippen LogP contribution in [0, 0.1) is 0 Å². The molecular weight excluding hydrogens is 438 g/mol. The molecule has 0 aliphatic carbocycles. The number of thioether (sulfide) groups is 1. The van der Waals surface area contributed by atoms with Crippen LogP contribution in [0.5, 0.6) is 17.2 Å². The lowest BCUT2D eigenvalue weighted by Gasteiger charge is -2.14. The molecule has 11 nitrogen and oxygen atoms in total. The van der Waals surface area contributed by atoms with Gasteiger partial charge in [-0.15, -0.1) is 5.10 Å². The standard InChI is InChI=1S/C20H21N5O6S/c1-28-13-7-5-12(6-8-13)25-20(22-23-24-25)32-11-18(26)21-15-10-17(30-3)16(29-2)9-14(15)19(27)31-4/h5-10H,11H2,1-4H3,(H,21,26). The molecule has 0 unspecified atom stereocenters. The van der Waals surface area contributed by atoms with E-state index in [1.165, 1.54) is 38.1 Å². The second kappa shape index (κ2) is 10.5. The number of tetrazole rings is 1. The molecule has 0 saturated heterocycles. The number of esters is 1. The third-order valence-electron chi connectivity index (χ3n) is 4.29. The number of nitrogens with zero attached hydrogens (tertiary/aromatic N) is 4. The highest BCUT2D eigenvalue weighted by molar-refractivity contribution is 7.99. The Bertz CT molecular complexity index is 1100. The minimum atomic E-state index is -0.627. The van der Waals surface area contributed by atoms with Crippen molar-refractivity contribution in [1.82, 2.24) is 20.2 Å². The van der Waals surface area contributed by atoms with Crippen LogP contribution in [0.2, 0.25) is 0 Å². The van der Waals surface area contributed by atoms with Crippen molar-refractivity contribution >= 4 is 29.3 Å². The molecule has 0 bridgehead atoms. The number of amides is 1. The van der Waals surface area contributed by atoms with E-state index >= 15 is 0 Å². The summed E-state index contributed by atoms with van der Waals surface area (Å²) < 4.78 is 21.9. The average Bonchev–Trinajstić information content (AvgIpc) is 3.30. The van der Waals surface area contributed by atoms with Crippen LogP contribution >= 0.6 is 11.8 Å². The first-order chi connectivity index (χ1) is 15.5. The number of carbonyl (C=O) groups is 2. The second-order valence-electron chi connectivity index (χ2n) is 6.15. The Hall–Kier alpha value is -3.80. The lowest BCUT2D eigenvalue weighted by molar-refractivity contribution is -0.113. The lowest BCUT2D eigenvalue weighted by Crippen LogP contribution is -2.18. The Balaban J connectivity index is 1.74. The number of nitrogens with one attached hydrogen (secondary N) is 1. The van der Waals surface area contributed by atoms with Gasteiger partial charge in [0, 0.05) is 12.1 Å². The Labute approximate surface area is 188 Å². The second-order valence-corrected chi connectivity index (χ2v) is 7.09. The molecule has 3 aromatic rings. The maximum absolute atomic E-state index is 12.6. The molecule has 0 spiro atoms.